The number of sulfonamides is 1. The van der Waals surface area contributed by atoms with Crippen molar-refractivity contribution in [2.75, 3.05) is 33.7 Å². The van der Waals surface area contributed by atoms with Crippen LogP contribution in [0.25, 0.3) is 0 Å². The van der Waals surface area contributed by atoms with E-state index in [1.54, 1.807) is 0 Å². The molecule has 0 fully saturated rings. The zero-order valence-corrected chi connectivity index (χ0v) is 14.0. The number of nitro groups is 1. The van der Waals surface area contributed by atoms with Gasteiger partial charge >= 0.3 is 0 Å². The highest BCUT2D eigenvalue weighted by molar-refractivity contribution is 7.89. The summed E-state index contributed by atoms with van der Waals surface area (Å²) in [4.78, 5) is 12.0. The average molecular weight is 340 g/mol. The first-order valence-corrected chi connectivity index (χ1v) is 8.49. The standard InChI is InChI=1S/C14H20N4O4S/c1-16(2)10-4-12-17(11-3-9-15)23(21,22)14-7-5-13(6-8-14)18(19)20/h5-8H,3-4,10-12H2,1-2H3. The van der Waals surface area contributed by atoms with Gasteiger partial charge in [-0.3, -0.25) is 10.1 Å². The number of hydrogen-bond donors (Lipinski definition) is 0. The van der Waals surface area contributed by atoms with Crippen LogP contribution in [0.2, 0.25) is 0 Å². The molecule has 0 bridgehead atoms. The largest absolute Gasteiger partial charge is 0.309 e. The lowest BCUT2D eigenvalue weighted by atomic mass is 10.3. The van der Waals surface area contributed by atoms with Crippen LogP contribution >= 0.6 is 0 Å². The van der Waals surface area contributed by atoms with E-state index in [0.29, 0.717) is 13.0 Å². The van der Waals surface area contributed by atoms with Crippen LogP contribution in [0.1, 0.15) is 12.8 Å². The first-order valence-electron chi connectivity index (χ1n) is 7.05. The van der Waals surface area contributed by atoms with Crippen molar-refractivity contribution in [2.45, 2.75) is 17.7 Å². The Labute approximate surface area is 136 Å². The molecular weight excluding hydrogens is 320 g/mol. The molecule has 0 spiro atoms. The van der Waals surface area contributed by atoms with Crippen LogP contribution in [0.4, 0.5) is 5.69 Å². The van der Waals surface area contributed by atoms with Crippen molar-refractivity contribution in [2.24, 2.45) is 0 Å². The molecule has 9 heteroatoms. The molecule has 0 saturated carbocycles. The first-order chi connectivity index (χ1) is 10.8. The van der Waals surface area contributed by atoms with E-state index in [2.05, 4.69) is 0 Å². The summed E-state index contributed by atoms with van der Waals surface area (Å²) in [5.41, 5.74) is -0.167. The highest BCUT2D eigenvalue weighted by Crippen LogP contribution is 2.20. The number of nitro benzene ring substituents is 1. The van der Waals surface area contributed by atoms with Gasteiger partial charge in [0.1, 0.15) is 0 Å². The molecule has 0 aliphatic rings. The Morgan fingerprint density at radius 2 is 1.78 bits per heavy atom. The second kappa shape index (κ2) is 8.57. The summed E-state index contributed by atoms with van der Waals surface area (Å²) < 4.78 is 26.5. The van der Waals surface area contributed by atoms with Crippen molar-refractivity contribution in [3.63, 3.8) is 0 Å². The minimum atomic E-state index is -3.77. The molecule has 0 unspecified atom stereocenters. The third-order valence-corrected chi connectivity index (χ3v) is 5.08. The van der Waals surface area contributed by atoms with E-state index in [9.17, 15) is 18.5 Å². The van der Waals surface area contributed by atoms with E-state index in [-0.39, 0.29) is 23.5 Å². The van der Waals surface area contributed by atoms with Crippen molar-refractivity contribution < 1.29 is 13.3 Å². The fourth-order valence-corrected chi connectivity index (χ4v) is 3.46. The van der Waals surface area contributed by atoms with E-state index in [1.165, 1.54) is 16.4 Å². The van der Waals surface area contributed by atoms with Gasteiger partial charge in [-0.05, 0) is 39.2 Å². The summed E-state index contributed by atoms with van der Waals surface area (Å²) in [6.07, 6.45) is 0.721. The quantitative estimate of drug-likeness (QED) is 0.497. The maximum atomic E-state index is 12.6. The van der Waals surface area contributed by atoms with Crippen molar-refractivity contribution in [1.82, 2.24) is 9.21 Å². The van der Waals surface area contributed by atoms with Gasteiger partial charge in [0, 0.05) is 31.6 Å². The number of benzene rings is 1. The Hall–Kier alpha value is -2.02. The summed E-state index contributed by atoms with van der Waals surface area (Å²) in [5, 5.41) is 19.4. The molecular formula is C14H20N4O4S. The van der Waals surface area contributed by atoms with Crippen LogP contribution in [0.5, 0.6) is 0 Å². The summed E-state index contributed by atoms with van der Waals surface area (Å²) in [7, 11) is 0.0140. The second-order valence-electron chi connectivity index (χ2n) is 5.22. The predicted molar refractivity (Wildman–Crippen MR) is 85.3 cm³/mol. The van der Waals surface area contributed by atoms with Crippen molar-refractivity contribution in [1.29, 1.82) is 5.26 Å². The molecule has 1 aromatic rings. The van der Waals surface area contributed by atoms with Gasteiger partial charge in [-0.25, -0.2) is 8.42 Å². The minimum Gasteiger partial charge on any atom is -0.309 e. The van der Waals surface area contributed by atoms with Gasteiger partial charge in [-0.15, -0.1) is 0 Å². The van der Waals surface area contributed by atoms with Crippen LogP contribution in [-0.4, -0.2) is 56.3 Å². The zero-order valence-electron chi connectivity index (χ0n) is 13.2. The minimum absolute atomic E-state index is 0.00843. The van der Waals surface area contributed by atoms with Crippen molar-refractivity contribution in [3.05, 3.63) is 34.4 Å². The van der Waals surface area contributed by atoms with Crippen LogP contribution < -0.4 is 0 Å². The Kier molecular flexibility index (Phi) is 7.09. The van der Waals surface area contributed by atoms with E-state index in [4.69, 9.17) is 5.26 Å². The molecule has 23 heavy (non-hydrogen) atoms. The molecule has 0 atom stereocenters. The predicted octanol–water partition coefficient (Wildman–Crippen LogP) is 1.45. The van der Waals surface area contributed by atoms with Crippen LogP contribution in [-0.2, 0) is 10.0 Å². The number of rotatable bonds is 9. The SMILES string of the molecule is CN(C)CCCN(CCC#N)S(=O)(=O)c1ccc([N+](=O)[O-])cc1. The smallest absolute Gasteiger partial charge is 0.269 e. The van der Waals surface area contributed by atoms with Crippen LogP contribution in [0, 0.1) is 21.4 Å². The van der Waals surface area contributed by atoms with E-state index in [1.807, 2.05) is 25.1 Å². The lowest BCUT2D eigenvalue weighted by Gasteiger charge is -2.22. The van der Waals surface area contributed by atoms with Gasteiger partial charge in [-0.1, -0.05) is 0 Å². The average Bonchev–Trinajstić information content (AvgIpc) is 2.50. The van der Waals surface area contributed by atoms with Crippen LogP contribution in [0.3, 0.4) is 0 Å². The third kappa shape index (κ3) is 5.59. The summed E-state index contributed by atoms with van der Waals surface area (Å²) in [6, 6.07) is 6.70. The third-order valence-electron chi connectivity index (χ3n) is 3.17. The molecule has 1 rings (SSSR count). The lowest BCUT2D eigenvalue weighted by Crippen LogP contribution is -2.34. The molecule has 0 aromatic heterocycles. The Morgan fingerprint density at radius 1 is 1.17 bits per heavy atom. The summed E-state index contributed by atoms with van der Waals surface area (Å²) in [6.45, 7) is 1.11. The fraction of sp³-hybridized carbons (Fsp3) is 0.500. The second-order valence-corrected chi connectivity index (χ2v) is 7.16. The summed E-state index contributed by atoms with van der Waals surface area (Å²) >= 11 is 0. The van der Waals surface area contributed by atoms with Crippen molar-refractivity contribution >= 4 is 15.7 Å². The Balaban J connectivity index is 2.96. The van der Waals surface area contributed by atoms with Gasteiger partial charge < -0.3 is 4.90 Å². The zero-order chi connectivity index (χ0) is 17.5. The van der Waals surface area contributed by atoms with E-state index >= 15 is 0 Å². The highest BCUT2D eigenvalue weighted by atomic mass is 32.2. The van der Waals surface area contributed by atoms with Gasteiger partial charge in [-0.2, -0.15) is 9.57 Å². The highest BCUT2D eigenvalue weighted by Gasteiger charge is 2.24. The van der Waals surface area contributed by atoms with Crippen molar-refractivity contribution in [3.8, 4) is 6.07 Å². The molecule has 0 saturated heterocycles. The molecule has 0 aliphatic heterocycles. The molecule has 1 aromatic carbocycles. The molecule has 0 amide bonds. The van der Waals surface area contributed by atoms with Gasteiger partial charge in [0.05, 0.1) is 15.9 Å². The molecule has 0 aliphatic carbocycles. The monoisotopic (exact) mass is 340 g/mol. The van der Waals surface area contributed by atoms with Gasteiger partial charge in [0.25, 0.3) is 5.69 Å². The number of nitrogens with zero attached hydrogens (tertiary/aromatic N) is 4. The molecule has 0 radical (unpaired) electrons. The maximum absolute atomic E-state index is 12.6. The maximum Gasteiger partial charge on any atom is 0.269 e. The Bertz CT molecular complexity index is 665. The van der Waals surface area contributed by atoms with Gasteiger partial charge in [0.2, 0.25) is 10.0 Å². The topological polar surface area (TPSA) is 108 Å². The number of non-ortho nitro benzene ring substituents is 1. The fourth-order valence-electron chi connectivity index (χ4n) is 1.98. The van der Waals surface area contributed by atoms with E-state index in [0.717, 1.165) is 18.7 Å². The molecule has 8 nitrogen and oxygen atoms in total. The summed E-state index contributed by atoms with van der Waals surface area (Å²) in [5.74, 6) is 0. The number of nitriles is 1. The molecule has 0 N–H and O–H groups in total. The Morgan fingerprint density at radius 3 is 2.26 bits per heavy atom. The normalized spacial score (nSPS) is 11.6. The van der Waals surface area contributed by atoms with Gasteiger partial charge in [0.15, 0.2) is 0 Å². The molecule has 126 valence electrons. The lowest BCUT2D eigenvalue weighted by molar-refractivity contribution is -0.384. The molecule has 0 heterocycles. The number of hydrogen-bond acceptors (Lipinski definition) is 6. The first kappa shape index (κ1) is 19.0. The van der Waals surface area contributed by atoms with Crippen LogP contribution in [0.15, 0.2) is 29.2 Å². The van der Waals surface area contributed by atoms with E-state index < -0.39 is 14.9 Å².